The fourth-order valence-corrected chi connectivity index (χ4v) is 3.79. The second kappa shape index (κ2) is 4.45. The van der Waals surface area contributed by atoms with E-state index in [-0.39, 0.29) is 0 Å². The Balaban J connectivity index is 1.96. The molecule has 0 unspecified atom stereocenters. The summed E-state index contributed by atoms with van der Waals surface area (Å²) in [5.41, 5.74) is 5.32. The van der Waals surface area contributed by atoms with Crippen LogP contribution >= 0.6 is 0 Å². The van der Waals surface area contributed by atoms with Crippen molar-refractivity contribution in [3.8, 4) is 0 Å². The normalized spacial score (nSPS) is 25.3. The number of pyridine rings is 1. The van der Waals surface area contributed by atoms with Gasteiger partial charge in [-0.1, -0.05) is 19.1 Å². The molecule has 0 radical (unpaired) electrons. The molecule has 1 fully saturated rings. The minimum absolute atomic E-state index is 0.557. The van der Waals surface area contributed by atoms with E-state index in [0.717, 1.165) is 25.4 Å². The van der Waals surface area contributed by atoms with Gasteiger partial charge in [-0.15, -0.1) is 0 Å². The summed E-state index contributed by atoms with van der Waals surface area (Å²) in [7, 11) is 0. The highest BCUT2D eigenvalue weighted by atomic mass is 15.1. The summed E-state index contributed by atoms with van der Waals surface area (Å²) in [6.45, 7) is 6.84. The molecule has 2 aromatic heterocycles. The van der Waals surface area contributed by atoms with Crippen LogP contribution in [0.2, 0.25) is 0 Å². The number of hydrogen-bond donors (Lipinski definition) is 1. The van der Waals surface area contributed by atoms with E-state index >= 15 is 0 Å². The molecule has 0 aromatic carbocycles. The monoisotopic (exact) mass is 267 g/mol. The van der Waals surface area contributed by atoms with Gasteiger partial charge in [0.05, 0.1) is 11.2 Å². The van der Waals surface area contributed by atoms with Crippen LogP contribution in [-0.4, -0.2) is 22.6 Å². The maximum absolute atomic E-state index is 4.61. The van der Waals surface area contributed by atoms with Gasteiger partial charge in [-0.25, -0.2) is 0 Å². The maximum atomic E-state index is 4.61. The second-order valence-electron chi connectivity index (χ2n) is 6.22. The molecule has 3 heteroatoms. The van der Waals surface area contributed by atoms with Crippen molar-refractivity contribution >= 4 is 17.0 Å². The van der Waals surface area contributed by atoms with E-state index < -0.39 is 0 Å². The van der Waals surface area contributed by atoms with Crippen molar-refractivity contribution < 1.29 is 0 Å². The van der Waals surface area contributed by atoms with Gasteiger partial charge in [0.1, 0.15) is 0 Å². The minimum Gasteiger partial charge on any atom is -0.340 e. The third-order valence-corrected chi connectivity index (χ3v) is 4.90. The topological polar surface area (TPSA) is 29.9 Å². The van der Waals surface area contributed by atoms with Gasteiger partial charge in [0.15, 0.2) is 0 Å². The predicted octanol–water partition coefficient (Wildman–Crippen LogP) is 3.08. The molecule has 0 amide bonds. The molecule has 3 nitrogen and oxygen atoms in total. The zero-order valence-corrected chi connectivity index (χ0v) is 12.2. The number of piperidine rings is 1. The van der Waals surface area contributed by atoms with Crippen LogP contribution < -0.4 is 5.32 Å². The molecule has 2 aromatic rings. The van der Waals surface area contributed by atoms with Crippen LogP contribution in [0.15, 0.2) is 18.3 Å². The maximum Gasteiger partial charge on any atom is 0.0593 e. The first-order valence-corrected chi connectivity index (χ1v) is 7.62. The molecule has 1 aliphatic heterocycles. The highest BCUT2D eigenvalue weighted by Gasteiger charge is 2.26. The number of fused-ring (bicyclic) bond motifs is 3. The number of allylic oxidation sites excluding steroid dienone is 1. The highest BCUT2D eigenvalue weighted by Crippen LogP contribution is 2.35. The van der Waals surface area contributed by atoms with E-state index in [1.807, 2.05) is 6.20 Å². The molecule has 3 heterocycles. The number of aromatic nitrogens is 2. The summed E-state index contributed by atoms with van der Waals surface area (Å²) in [6.07, 6.45) is 8.76. The number of hydrogen-bond acceptors (Lipinski definition) is 2. The molecule has 20 heavy (non-hydrogen) atoms. The Kier molecular flexibility index (Phi) is 2.71. The van der Waals surface area contributed by atoms with E-state index in [1.54, 1.807) is 0 Å². The van der Waals surface area contributed by atoms with Crippen LogP contribution in [0, 0.1) is 12.8 Å². The van der Waals surface area contributed by atoms with Crippen molar-refractivity contribution in [2.24, 2.45) is 5.92 Å². The summed E-state index contributed by atoms with van der Waals surface area (Å²) in [4.78, 5) is 4.61. The number of nitrogens with one attached hydrogen (secondary N) is 1. The van der Waals surface area contributed by atoms with Gasteiger partial charge in [-0.3, -0.25) is 4.98 Å². The summed E-state index contributed by atoms with van der Waals surface area (Å²) < 4.78 is 2.56. The molecule has 104 valence electrons. The second-order valence-corrected chi connectivity index (χ2v) is 6.22. The Hall–Kier alpha value is -1.61. The first-order valence-electron chi connectivity index (χ1n) is 7.62. The first-order chi connectivity index (χ1) is 9.75. The molecule has 0 spiro atoms. The predicted molar refractivity (Wildman–Crippen MR) is 82.9 cm³/mol. The lowest BCUT2D eigenvalue weighted by Gasteiger charge is -2.32. The molecular formula is C17H21N3. The van der Waals surface area contributed by atoms with Crippen LogP contribution in [0.5, 0.6) is 0 Å². The Morgan fingerprint density at radius 3 is 3.15 bits per heavy atom. The summed E-state index contributed by atoms with van der Waals surface area (Å²) >= 11 is 0. The van der Waals surface area contributed by atoms with Gasteiger partial charge in [0.25, 0.3) is 0 Å². The van der Waals surface area contributed by atoms with Crippen molar-refractivity contribution in [3.05, 3.63) is 35.3 Å². The lowest BCUT2D eigenvalue weighted by atomic mass is 9.94. The molecule has 0 bridgehead atoms. The zero-order valence-electron chi connectivity index (χ0n) is 12.2. The minimum atomic E-state index is 0.557. The van der Waals surface area contributed by atoms with Gasteiger partial charge in [-0.05, 0) is 31.9 Å². The average Bonchev–Trinajstić information content (AvgIpc) is 3.02. The molecule has 0 saturated carbocycles. The quantitative estimate of drug-likeness (QED) is 0.860. The van der Waals surface area contributed by atoms with Crippen LogP contribution in [0.4, 0.5) is 0 Å². The van der Waals surface area contributed by atoms with E-state index in [4.69, 9.17) is 0 Å². The molecule has 1 saturated heterocycles. The Labute approximate surface area is 119 Å². The first kappa shape index (κ1) is 12.2. The van der Waals surface area contributed by atoms with Crippen molar-refractivity contribution in [1.82, 2.24) is 14.9 Å². The highest BCUT2D eigenvalue weighted by molar-refractivity contribution is 5.91. The molecule has 2 aliphatic rings. The Morgan fingerprint density at radius 2 is 2.30 bits per heavy atom. The van der Waals surface area contributed by atoms with Crippen LogP contribution in [0.25, 0.3) is 17.0 Å². The van der Waals surface area contributed by atoms with Gasteiger partial charge in [0.2, 0.25) is 0 Å². The lowest BCUT2D eigenvalue weighted by molar-refractivity contribution is 0.277. The van der Waals surface area contributed by atoms with Crippen molar-refractivity contribution in [2.45, 2.75) is 32.7 Å². The number of nitrogens with zero attached hydrogens (tertiary/aromatic N) is 2. The van der Waals surface area contributed by atoms with Gasteiger partial charge in [0, 0.05) is 41.8 Å². The van der Waals surface area contributed by atoms with E-state index in [0.29, 0.717) is 6.04 Å². The zero-order chi connectivity index (χ0) is 13.7. The van der Waals surface area contributed by atoms with Gasteiger partial charge < -0.3 is 9.88 Å². The standard InChI is InChI=1S/C17H21N3/c1-11-6-7-18-10-16(11)20-12(2)8-13-9-19-15-5-3-4-14(15)17(13)20/h3-4,8-9,11,16,18H,5-7,10H2,1-2H3/t11-,16+/m1/s1. The van der Waals surface area contributed by atoms with Crippen molar-refractivity contribution in [3.63, 3.8) is 0 Å². The van der Waals surface area contributed by atoms with E-state index in [9.17, 15) is 0 Å². The summed E-state index contributed by atoms with van der Waals surface area (Å²) in [5, 5.41) is 4.84. The molecule has 4 rings (SSSR count). The fourth-order valence-electron chi connectivity index (χ4n) is 3.79. The fraction of sp³-hybridized carbons (Fsp3) is 0.471. The van der Waals surface area contributed by atoms with E-state index in [2.05, 4.69) is 46.9 Å². The number of rotatable bonds is 1. The van der Waals surface area contributed by atoms with Crippen LogP contribution in [0.3, 0.4) is 0 Å². The largest absolute Gasteiger partial charge is 0.340 e. The Morgan fingerprint density at radius 1 is 1.40 bits per heavy atom. The lowest BCUT2D eigenvalue weighted by Crippen LogP contribution is -2.37. The third kappa shape index (κ3) is 1.66. The molecule has 2 atom stereocenters. The van der Waals surface area contributed by atoms with E-state index in [1.165, 1.54) is 34.3 Å². The average molecular weight is 267 g/mol. The SMILES string of the molecule is Cc1cc2cnc3c(c2n1[C@H]1CNCC[C@H]1C)C=CC3. The van der Waals surface area contributed by atoms with Gasteiger partial charge in [-0.2, -0.15) is 0 Å². The van der Waals surface area contributed by atoms with Crippen molar-refractivity contribution in [2.75, 3.05) is 13.1 Å². The van der Waals surface area contributed by atoms with Crippen LogP contribution in [-0.2, 0) is 6.42 Å². The Bertz CT molecular complexity index is 696. The third-order valence-electron chi connectivity index (χ3n) is 4.90. The van der Waals surface area contributed by atoms with Crippen LogP contribution in [0.1, 0.15) is 36.3 Å². The van der Waals surface area contributed by atoms with Gasteiger partial charge >= 0.3 is 0 Å². The molecule has 1 N–H and O–H groups in total. The van der Waals surface area contributed by atoms with Crippen molar-refractivity contribution in [1.29, 1.82) is 0 Å². The smallest absolute Gasteiger partial charge is 0.0593 e. The summed E-state index contributed by atoms with van der Waals surface area (Å²) in [6, 6.07) is 2.84. The summed E-state index contributed by atoms with van der Waals surface area (Å²) in [5.74, 6) is 0.722. The molecule has 1 aliphatic carbocycles. The number of aryl methyl sites for hydroxylation is 1. The molecular weight excluding hydrogens is 246 g/mol.